The maximum absolute atomic E-state index is 11.6. The van der Waals surface area contributed by atoms with E-state index in [0.29, 0.717) is 12.2 Å². The highest BCUT2D eigenvalue weighted by molar-refractivity contribution is 5.86. The molecule has 1 aliphatic heterocycles. The standard InChI is InChI=1S/C13H20O4/c1-4-5-6-7-10(14)8-11-9-12(15)17-13(2,3)16-11/h9H,4-8H2,1-3H3. The maximum Gasteiger partial charge on any atom is 0.337 e. The normalized spacial score (nSPS) is 18.1. The Morgan fingerprint density at radius 1 is 1.29 bits per heavy atom. The lowest BCUT2D eigenvalue weighted by Crippen LogP contribution is -2.34. The van der Waals surface area contributed by atoms with E-state index in [1.165, 1.54) is 6.08 Å². The van der Waals surface area contributed by atoms with E-state index in [2.05, 4.69) is 6.92 Å². The molecule has 4 nitrogen and oxygen atoms in total. The van der Waals surface area contributed by atoms with Crippen molar-refractivity contribution in [3.8, 4) is 0 Å². The number of cyclic esters (lactones) is 1. The quantitative estimate of drug-likeness (QED) is 0.529. The third kappa shape index (κ3) is 5.02. The van der Waals surface area contributed by atoms with Gasteiger partial charge in [-0.15, -0.1) is 0 Å². The van der Waals surface area contributed by atoms with Crippen LogP contribution < -0.4 is 0 Å². The lowest BCUT2D eigenvalue weighted by molar-refractivity contribution is -0.205. The largest absolute Gasteiger partial charge is 0.456 e. The third-order valence-electron chi connectivity index (χ3n) is 2.43. The number of unbranched alkanes of at least 4 members (excludes halogenated alkanes) is 2. The van der Waals surface area contributed by atoms with E-state index in [-0.39, 0.29) is 12.2 Å². The summed E-state index contributed by atoms with van der Waals surface area (Å²) in [6.07, 6.45) is 5.02. The minimum Gasteiger partial charge on any atom is -0.456 e. The van der Waals surface area contributed by atoms with E-state index in [0.717, 1.165) is 19.3 Å². The van der Waals surface area contributed by atoms with Gasteiger partial charge in [-0.05, 0) is 6.42 Å². The fourth-order valence-electron chi connectivity index (χ4n) is 1.71. The highest BCUT2D eigenvalue weighted by Gasteiger charge is 2.30. The molecule has 0 aromatic rings. The molecule has 0 radical (unpaired) electrons. The highest BCUT2D eigenvalue weighted by Crippen LogP contribution is 2.24. The first-order valence-corrected chi connectivity index (χ1v) is 6.07. The first-order valence-electron chi connectivity index (χ1n) is 6.07. The lowest BCUT2D eigenvalue weighted by atomic mass is 10.1. The number of rotatable bonds is 6. The van der Waals surface area contributed by atoms with Crippen LogP contribution in [0.4, 0.5) is 0 Å². The molecular formula is C13H20O4. The van der Waals surface area contributed by atoms with E-state index in [9.17, 15) is 9.59 Å². The van der Waals surface area contributed by atoms with Crippen LogP contribution in [0.2, 0.25) is 0 Å². The second kappa shape index (κ2) is 5.84. The van der Waals surface area contributed by atoms with Crippen molar-refractivity contribution < 1.29 is 19.1 Å². The van der Waals surface area contributed by atoms with Crippen molar-refractivity contribution in [3.05, 3.63) is 11.8 Å². The molecule has 0 fully saturated rings. The summed E-state index contributed by atoms with van der Waals surface area (Å²) < 4.78 is 10.4. The highest BCUT2D eigenvalue weighted by atomic mass is 16.7. The summed E-state index contributed by atoms with van der Waals surface area (Å²) >= 11 is 0. The molecule has 0 bridgehead atoms. The zero-order valence-corrected chi connectivity index (χ0v) is 10.7. The van der Waals surface area contributed by atoms with Crippen LogP contribution in [0.25, 0.3) is 0 Å². The van der Waals surface area contributed by atoms with E-state index in [4.69, 9.17) is 9.47 Å². The number of carbonyl (C=O) groups excluding carboxylic acids is 2. The van der Waals surface area contributed by atoms with E-state index < -0.39 is 11.8 Å². The van der Waals surface area contributed by atoms with Gasteiger partial charge < -0.3 is 9.47 Å². The summed E-state index contributed by atoms with van der Waals surface area (Å²) in [5.74, 6) is -0.897. The van der Waals surface area contributed by atoms with Crippen LogP contribution in [0.1, 0.15) is 52.9 Å². The maximum atomic E-state index is 11.6. The van der Waals surface area contributed by atoms with E-state index in [1.54, 1.807) is 13.8 Å². The van der Waals surface area contributed by atoms with Crippen LogP contribution in [0, 0.1) is 0 Å². The van der Waals surface area contributed by atoms with Gasteiger partial charge in [0.25, 0.3) is 0 Å². The van der Waals surface area contributed by atoms with E-state index in [1.807, 2.05) is 0 Å². The number of carbonyl (C=O) groups is 2. The summed E-state index contributed by atoms with van der Waals surface area (Å²) in [7, 11) is 0. The average molecular weight is 240 g/mol. The molecule has 17 heavy (non-hydrogen) atoms. The zero-order chi connectivity index (χ0) is 12.9. The lowest BCUT2D eigenvalue weighted by Gasteiger charge is -2.30. The summed E-state index contributed by atoms with van der Waals surface area (Å²) in [6, 6.07) is 0. The second-order valence-electron chi connectivity index (χ2n) is 4.71. The molecule has 4 heteroatoms. The van der Waals surface area contributed by atoms with Crippen molar-refractivity contribution >= 4 is 11.8 Å². The van der Waals surface area contributed by atoms with Gasteiger partial charge >= 0.3 is 5.97 Å². The molecule has 1 heterocycles. The number of Topliss-reactive ketones (excluding diaryl/α,β-unsaturated/α-hetero) is 1. The first-order chi connectivity index (χ1) is 7.93. The predicted molar refractivity (Wildman–Crippen MR) is 63.1 cm³/mol. The molecule has 0 amide bonds. The second-order valence-corrected chi connectivity index (χ2v) is 4.71. The summed E-state index contributed by atoms with van der Waals surface area (Å²) in [5, 5.41) is 0. The number of hydrogen-bond donors (Lipinski definition) is 0. The first kappa shape index (κ1) is 13.7. The zero-order valence-electron chi connectivity index (χ0n) is 10.7. The summed E-state index contributed by atoms with van der Waals surface area (Å²) in [5.41, 5.74) is 0. The SMILES string of the molecule is CCCCCC(=O)CC1=CC(=O)OC(C)(C)O1. The van der Waals surface area contributed by atoms with Crippen molar-refractivity contribution in [3.63, 3.8) is 0 Å². The van der Waals surface area contributed by atoms with Gasteiger partial charge in [-0.3, -0.25) is 4.79 Å². The number of esters is 1. The Labute approximate surface area is 102 Å². The molecule has 96 valence electrons. The van der Waals surface area contributed by atoms with Gasteiger partial charge in [-0.1, -0.05) is 19.8 Å². The van der Waals surface area contributed by atoms with Gasteiger partial charge in [-0.2, -0.15) is 0 Å². The van der Waals surface area contributed by atoms with Crippen molar-refractivity contribution in [2.75, 3.05) is 0 Å². The van der Waals surface area contributed by atoms with Gasteiger partial charge in [0.1, 0.15) is 11.5 Å². The molecule has 0 saturated carbocycles. The minimum absolute atomic E-state index is 0.107. The molecular weight excluding hydrogens is 220 g/mol. The fraction of sp³-hybridized carbons (Fsp3) is 0.692. The molecule has 1 rings (SSSR count). The molecule has 0 N–H and O–H groups in total. The Hall–Kier alpha value is -1.32. The molecule has 0 spiro atoms. The smallest absolute Gasteiger partial charge is 0.337 e. The fourth-order valence-corrected chi connectivity index (χ4v) is 1.71. The Balaban J connectivity index is 2.45. The topological polar surface area (TPSA) is 52.6 Å². The van der Waals surface area contributed by atoms with Crippen molar-refractivity contribution in [2.24, 2.45) is 0 Å². The monoisotopic (exact) mass is 240 g/mol. The molecule has 1 aliphatic rings. The number of allylic oxidation sites excluding steroid dienone is 1. The molecule has 0 unspecified atom stereocenters. The van der Waals surface area contributed by atoms with Gasteiger partial charge in [-0.25, -0.2) is 4.79 Å². The van der Waals surface area contributed by atoms with Crippen molar-refractivity contribution in [1.82, 2.24) is 0 Å². The van der Waals surface area contributed by atoms with Crippen LogP contribution in [0.15, 0.2) is 11.8 Å². The Morgan fingerprint density at radius 3 is 2.59 bits per heavy atom. The van der Waals surface area contributed by atoms with E-state index >= 15 is 0 Å². The Bertz CT molecular complexity index is 328. The Kier molecular flexibility index (Phi) is 4.73. The number of ketones is 1. The van der Waals surface area contributed by atoms with Crippen molar-refractivity contribution in [1.29, 1.82) is 0 Å². The van der Waals surface area contributed by atoms with Crippen molar-refractivity contribution in [2.45, 2.75) is 58.7 Å². The minimum atomic E-state index is -0.967. The van der Waals surface area contributed by atoms with Crippen LogP contribution in [-0.2, 0) is 19.1 Å². The molecule has 0 atom stereocenters. The van der Waals surface area contributed by atoms with Crippen LogP contribution in [0.3, 0.4) is 0 Å². The summed E-state index contributed by atoms with van der Waals surface area (Å²) in [4.78, 5) is 22.9. The number of hydrogen-bond acceptors (Lipinski definition) is 4. The molecule has 0 aromatic carbocycles. The van der Waals surface area contributed by atoms with Gasteiger partial charge in [0, 0.05) is 20.3 Å². The molecule has 0 aliphatic carbocycles. The molecule has 0 aromatic heterocycles. The third-order valence-corrected chi connectivity index (χ3v) is 2.43. The van der Waals surface area contributed by atoms with Gasteiger partial charge in [0.05, 0.1) is 12.5 Å². The summed E-state index contributed by atoms with van der Waals surface area (Å²) in [6.45, 7) is 5.40. The molecule has 0 saturated heterocycles. The van der Waals surface area contributed by atoms with Gasteiger partial charge in [0.2, 0.25) is 5.79 Å². The predicted octanol–water partition coefficient (Wildman–Crippen LogP) is 2.72. The average Bonchev–Trinajstić information content (AvgIpc) is 2.14. The number of ether oxygens (including phenoxy) is 2. The van der Waals surface area contributed by atoms with Gasteiger partial charge in [0.15, 0.2) is 0 Å². The van der Waals surface area contributed by atoms with Crippen LogP contribution >= 0.6 is 0 Å². The van der Waals surface area contributed by atoms with Crippen LogP contribution in [-0.4, -0.2) is 17.5 Å². The van der Waals surface area contributed by atoms with Crippen LogP contribution in [0.5, 0.6) is 0 Å². The Morgan fingerprint density at radius 2 is 2.00 bits per heavy atom.